The van der Waals surface area contributed by atoms with Crippen molar-refractivity contribution in [2.24, 2.45) is 5.92 Å². The maximum Gasteiger partial charge on any atom is 0.255 e. The van der Waals surface area contributed by atoms with Crippen molar-refractivity contribution >= 4 is 22.8 Å². The SMILES string of the molecule is Cc1cc(-c2ncnc3c(C(=O)N[C@@H]4CCN(C(=O)[C@H](C)O)C[C@H]4O)c(C)[nH]c23)c(OCC2CC2)cc1F. The highest BCUT2D eigenvalue weighted by atomic mass is 19.1. The van der Waals surface area contributed by atoms with Gasteiger partial charge in [0.05, 0.1) is 29.8 Å². The molecule has 202 valence electrons. The molecule has 10 nitrogen and oxygen atoms in total. The molecule has 1 aromatic carbocycles. The van der Waals surface area contributed by atoms with Crippen molar-refractivity contribution in [3.8, 4) is 17.0 Å². The van der Waals surface area contributed by atoms with E-state index in [1.165, 1.54) is 24.2 Å². The quantitative estimate of drug-likeness (QED) is 0.371. The lowest BCUT2D eigenvalue weighted by molar-refractivity contribution is -0.142. The van der Waals surface area contributed by atoms with Crippen LogP contribution in [-0.4, -0.2) is 79.8 Å². The number of hydrogen-bond acceptors (Lipinski definition) is 7. The van der Waals surface area contributed by atoms with Crippen LogP contribution in [0.1, 0.15) is 47.8 Å². The number of aliphatic hydroxyl groups is 2. The van der Waals surface area contributed by atoms with Crippen molar-refractivity contribution in [2.75, 3.05) is 19.7 Å². The summed E-state index contributed by atoms with van der Waals surface area (Å²) in [6.07, 6.45) is 1.75. The Bertz CT molecular complexity index is 1390. The van der Waals surface area contributed by atoms with Gasteiger partial charge in [0.25, 0.3) is 11.8 Å². The number of amides is 2. The predicted octanol–water partition coefficient (Wildman–Crippen LogP) is 2.24. The first kappa shape index (κ1) is 26.1. The molecule has 38 heavy (non-hydrogen) atoms. The van der Waals surface area contributed by atoms with E-state index >= 15 is 0 Å². The molecule has 2 aromatic heterocycles. The van der Waals surface area contributed by atoms with Crippen LogP contribution in [0.4, 0.5) is 4.39 Å². The topological polar surface area (TPSA) is 141 Å². The summed E-state index contributed by atoms with van der Waals surface area (Å²) < 4.78 is 20.4. The largest absolute Gasteiger partial charge is 0.492 e. The first-order chi connectivity index (χ1) is 18.1. The van der Waals surface area contributed by atoms with Gasteiger partial charge in [-0.2, -0.15) is 0 Å². The highest BCUT2D eigenvalue weighted by Crippen LogP contribution is 2.37. The Morgan fingerprint density at radius 1 is 1.26 bits per heavy atom. The van der Waals surface area contributed by atoms with Crippen molar-refractivity contribution in [3.05, 3.63) is 41.1 Å². The predicted molar refractivity (Wildman–Crippen MR) is 137 cm³/mol. The van der Waals surface area contributed by atoms with Crippen LogP contribution in [0.2, 0.25) is 0 Å². The molecule has 0 radical (unpaired) electrons. The summed E-state index contributed by atoms with van der Waals surface area (Å²) in [7, 11) is 0. The lowest BCUT2D eigenvalue weighted by Crippen LogP contribution is -2.56. The molecular weight excluding hydrogens is 493 g/mol. The number of β-amino-alcohol motifs (C(OH)–C–C–N with tert-alkyl or cyclic N) is 1. The molecule has 0 bridgehead atoms. The van der Waals surface area contributed by atoms with Gasteiger partial charge >= 0.3 is 0 Å². The van der Waals surface area contributed by atoms with Gasteiger partial charge in [-0.15, -0.1) is 0 Å². The highest BCUT2D eigenvalue weighted by molar-refractivity contribution is 6.09. The molecule has 2 aliphatic rings. The van der Waals surface area contributed by atoms with Gasteiger partial charge in [-0.05, 0) is 57.6 Å². The van der Waals surface area contributed by atoms with Gasteiger partial charge in [-0.25, -0.2) is 14.4 Å². The molecule has 3 atom stereocenters. The van der Waals surface area contributed by atoms with Gasteiger partial charge in [-0.1, -0.05) is 0 Å². The molecule has 2 amide bonds. The van der Waals surface area contributed by atoms with Gasteiger partial charge < -0.3 is 30.2 Å². The number of aromatic amines is 1. The molecule has 0 spiro atoms. The Kier molecular flexibility index (Phi) is 7.06. The van der Waals surface area contributed by atoms with Crippen LogP contribution >= 0.6 is 0 Å². The zero-order chi connectivity index (χ0) is 27.1. The normalized spacial score (nSPS) is 20.4. The van der Waals surface area contributed by atoms with E-state index < -0.39 is 30.1 Å². The van der Waals surface area contributed by atoms with Crippen molar-refractivity contribution in [1.82, 2.24) is 25.2 Å². The standard InChI is InChI=1S/C27H32FN5O5/c1-13-8-17(21(9-18(13)28)38-11-16-4-5-16)23-25-24(30-12-29-23)22(14(2)31-25)26(36)32-19-6-7-33(10-20(19)35)27(37)15(3)34/h8-9,12,15-16,19-20,31,34-35H,4-7,10-11H2,1-3H3,(H,32,36)/t15-,19+,20+/m0/s1. The number of hydrogen-bond donors (Lipinski definition) is 4. The lowest BCUT2D eigenvalue weighted by Gasteiger charge is -2.36. The minimum Gasteiger partial charge on any atom is -0.492 e. The third-order valence-electron chi connectivity index (χ3n) is 7.25. The number of H-pyrrole nitrogens is 1. The summed E-state index contributed by atoms with van der Waals surface area (Å²) in [6.45, 7) is 5.63. The van der Waals surface area contributed by atoms with Gasteiger partial charge in [0.1, 0.15) is 35.2 Å². The molecule has 1 saturated heterocycles. The van der Waals surface area contributed by atoms with Crippen molar-refractivity contribution in [1.29, 1.82) is 0 Å². The smallest absolute Gasteiger partial charge is 0.255 e. The van der Waals surface area contributed by atoms with Crippen molar-refractivity contribution < 1.29 is 28.9 Å². The minimum absolute atomic E-state index is 0.0153. The number of likely N-dealkylation sites (tertiary alicyclic amines) is 1. The lowest BCUT2D eigenvalue weighted by atomic mass is 10.0. The third-order valence-corrected chi connectivity index (χ3v) is 7.25. The highest BCUT2D eigenvalue weighted by Gasteiger charge is 2.33. The molecule has 11 heteroatoms. The number of rotatable bonds is 7. The number of aryl methyl sites for hydroxylation is 2. The maximum absolute atomic E-state index is 14.4. The molecule has 3 aromatic rings. The molecule has 1 aliphatic heterocycles. The summed E-state index contributed by atoms with van der Waals surface area (Å²) in [5.74, 6) is -0.375. The van der Waals surface area contributed by atoms with E-state index in [4.69, 9.17) is 4.74 Å². The fourth-order valence-corrected chi connectivity index (χ4v) is 4.87. The molecule has 1 aliphatic carbocycles. The van der Waals surface area contributed by atoms with Crippen LogP contribution < -0.4 is 10.1 Å². The van der Waals surface area contributed by atoms with E-state index in [-0.39, 0.29) is 12.4 Å². The van der Waals surface area contributed by atoms with Gasteiger partial charge in [0, 0.05) is 30.4 Å². The first-order valence-corrected chi connectivity index (χ1v) is 12.9. The summed E-state index contributed by atoms with van der Waals surface area (Å²) >= 11 is 0. The summed E-state index contributed by atoms with van der Waals surface area (Å²) in [5.41, 5.74) is 3.35. The average Bonchev–Trinajstić information content (AvgIpc) is 3.64. The number of piperidine rings is 1. The van der Waals surface area contributed by atoms with Crippen LogP contribution in [0.5, 0.6) is 5.75 Å². The van der Waals surface area contributed by atoms with E-state index in [0.717, 1.165) is 12.8 Å². The Morgan fingerprint density at radius 3 is 2.71 bits per heavy atom. The fourth-order valence-electron chi connectivity index (χ4n) is 4.87. The number of aromatic nitrogens is 3. The molecule has 5 rings (SSSR count). The Labute approximate surface area is 219 Å². The van der Waals surface area contributed by atoms with E-state index in [1.54, 1.807) is 19.9 Å². The first-order valence-electron chi connectivity index (χ1n) is 12.9. The number of ether oxygens (including phenoxy) is 1. The number of nitrogens with zero attached hydrogens (tertiary/aromatic N) is 3. The molecule has 2 fully saturated rings. The molecule has 3 heterocycles. The van der Waals surface area contributed by atoms with E-state index in [9.17, 15) is 24.2 Å². The number of aliphatic hydroxyl groups excluding tert-OH is 2. The Balaban J connectivity index is 1.42. The zero-order valence-corrected chi connectivity index (χ0v) is 21.6. The second-order valence-corrected chi connectivity index (χ2v) is 10.3. The minimum atomic E-state index is -1.15. The molecule has 4 N–H and O–H groups in total. The van der Waals surface area contributed by atoms with E-state index in [2.05, 4.69) is 20.3 Å². The monoisotopic (exact) mass is 525 g/mol. The molecule has 0 unspecified atom stereocenters. The van der Waals surface area contributed by atoms with Crippen molar-refractivity contribution in [2.45, 2.75) is 58.3 Å². The molecular formula is C27H32FN5O5. The summed E-state index contributed by atoms with van der Waals surface area (Å²) in [5, 5.41) is 23.0. The number of nitrogens with one attached hydrogen (secondary N) is 2. The van der Waals surface area contributed by atoms with Crippen LogP contribution in [-0.2, 0) is 4.79 Å². The number of carbonyl (C=O) groups is 2. The summed E-state index contributed by atoms with van der Waals surface area (Å²) in [6, 6.07) is 2.49. The van der Waals surface area contributed by atoms with Crippen LogP contribution in [0.3, 0.4) is 0 Å². The zero-order valence-electron chi connectivity index (χ0n) is 21.6. The number of fused-ring (bicyclic) bond motifs is 1. The average molecular weight is 526 g/mol. The number of carbonyl (C=O) groups excluding carboxylic acids is 2. The van der Waals surface area contributed by atoms with E-state index in [1.807, 2.05) is 0 Å². The second-order valence-electron chi connectivity index (χ2n) is 10.3. The number of benzene rings is 1. The van der Waals surface area contributed by atoms with Gasteiger partial charge in [0.2, 0.25) is 0 Å². The number of halogens is 1. The van der Waals surface area contributed by atoms with Crippen LogP contribution in [0.25, 0.3) is 22.3 Å². The maximum atomic E-state index is 14.4. The Morgan fingerprint density at radius 2 is 2.03 bits per heavy atom. The van der Waals surface area contributed by atoms with Crippen LogP contribution in [0.15, 0.2) is 18.5 Å². The summed E-state index contributed by atoms with van der Waals surface area (Å²) in [4.78, 5) is 38.9. The van der Waals surface area contributed by atoms with Gasteiger partial charge in [-0.3, -0.25) is 9.59 Å². The van der Waals surface area contributed by atoms with Crippen LogP contribution in [0, 0.1) is 25.6 Å². The Hall–Kier alpha value is -3.57. The molecule has 1 saturated carbocycles. The third kappa shape index (κ3) is 5.08. The van der Waals surface area contributed by atoms with E-state index in [0.29, 0.717) is 70.4 Å². The fraction of sp³-hybridized carbons (Fsp3) is 0.481. The van der Waals surface area contributed by atoms with Gasteiger partial charge in [0.15, 0.2) is 0 Å². The second kappa shape index (κ2) is 10.3. The van der Waals surface area contributed by atoms with Crippen molar-refractivity contribution in [3.63, 3.8) is 0 Å².